The van der Waals surface area contributed by atoms with Crippen molar-refractivity contribution in [1.82, 2.24) is 4.98 Å². The van der Waals surface area contributed by atoms with Gasteiger partial charge in [0.2, 0.25) is 0 Å². The van der Waals surface area contributed by atoms with Crippen LogP contribution in [0.1, 0.15) is 26.2 Å². The fourth-order valence-electron chi connectivity index (χ4n) is 1.08. The van der Waals surface area contributed by atoms with Crippen LogP contribution < -0.4 is 11.1 Å². The summed E-state index contributed by atoms with van der Waals surface area (Å²) >= 11 is 0. The minimum Gasteiger partial charge on any atom is -0.384 e. The Morgan fingerprint density at radius 2 is 2.38 bits per heavy atom. The Kier molecular flexibility index (Phi) is 4.09. The lowest BCUT2D eigenvalue weighted by atomic mass is 10.2. The average molecular weight is 178 g/mol. The van der Waals surface area contributed by atoms with E-state index in [0.29, 0.717) is 5.82 Å². The van der Waals surface area contributed by atoms with Crippen molar-refractivity contribution < 1.29 is 0 Å². The standard InChI is InChI=1S/C10H16N3/c1-2-3-4-8-12-10-7-5-6-9(11)13-10/h5-6H,2-4,8H2,1H3,(H3,11,12,13). The number of unbranched alkanes of at least 4 members (excludes halogenated alkanes) is 2. The van der Waals surface area contributed by atoms with Gasteiger partial charge >= 0.3 is 0 Å². The zero-order chi connectivity index (χ0) is 9.52. The van der Waals surface area contributed by atoms with Gasteiger partial charge in [0.15, 0.2) is 0 Å². The van der Waals surface area contributed by atoms with Gasteiger partial charge in [-0.15, -0.1) is 0 Å². The number of nitrogen functional groups attached to an aromatic ring is 1. The van der Waals surface area contributed by atoms with E-state index < -0.39 is 0 Å². The topological polar surface area (TPSA) is 50.9 Å². The molecule has 1 rings (SSSR count). The van der Waals surface area contributed by atoms with Crippen molar-refractivity contribution in [3.8, 4) is 0 Å². The van der Waals surface area contributed by atoms with Crippen molar-refractivity contribution in [3.05, 3.63) is 18.2 Å². The molecule has 0 spiro atoms. The highest BCUT2D eigenvalue weighted by Gasteiger charge is 1.93. The first-order valence-corrected chi connectivity index (χ1v) is 4.71. The number of nitrogens with zero attached hydrogens (tertiary/aromatic N) is 1. The Hall–Kier alpha value is -1.25. The first kappa shape index (κ1) is 9.84. The molecule has 1 radical (unpaired) electrons. The fraction of sp³-hybridized carbons (Fsp3) is 0.500. The number of aromatic nitrogens is 1. The number of nitrogens with one attached hydrogen (secondary N) is 1. The molecule has 3 heteroatoms. The number of rotatable bonds is 5. The van der Waals surface area contributed by atoms with Gasteiger partial charge in [-0.25, -0.2) is 4.98 Å². The van der Waals surface area contributed by atoms with Crippen LogP contribution in [0, 0.1) is 6.07 Å². The van der Waals surface area contributed by atoms with Crippen LogP contribution >= 0.6 is 0 Å². The van der Waals surface area contributed by atoms with Crippen LogP contribution in [0.2, 0.25) is 0 Å². The second kappa shape index (κ2) is 5.41. The van der Waals surface area contributed by atoms with Gasteiger partial charge in [0.25, 0.3) is 0 Å². The average Bonchev–Trinajstić information content (AvgIpc) is 2.13. The fourth-order valence-corrected chi connectivity index (χ4v) is 1.08. The third-order valence-corrected chi connectivity index (χ3v) is 1.79. The van der Waals surface area contributed by atoms with Crippen molar-refractivity contribution in [2.75, 3.05) is 17.6 Å². The predicted octanol–water partition coefficient (Wildman–Crippen LogP) is 2.07. The second-order valence-electron chi connectivity index (χ2n) is 3.00. The summed E-state index contributed by atoms with van der Waals surface area (Å²) in [6, 6.07) is 6.50. The van der Waals surface area contributed by atoms with E-state index in [1.54, 1.807) is 12.1 Å². The molecule has 0 aliphatic rings. The zero-order valence-corrected chi connectivity index (χ0v) is 8.01. The molecule has 1 aromatic heterocycles. The minimum absolute atomic E-state index is 0.539. The van der Waals surface area contributed by atoms with E-state index in [9.17, 15) is 0 Å². The van der Waals surface area contributed by atoms with Crippen LogP contribution in [0.3, 0.4) is 0 Å². The normalized spacial score (nSPS) is 9.92. The molecule has 3 nitrogen and oxygen atoms in total. The maximum Gasteiger partial charge on any atom is 0.136 e. The molecule has 1 aromatic rings. The first-order chi connectivity index (χ1) is 6.33. The highest BCUT2D eigenvalue weighted by Crippen LogP contribution is 2.05. The number of nitrogens with two attached hydrogens (primary N) is 1. The highest BCUT2D eigenvalue weighted by atomic mass is 15.0. The van der Waals surface area contributed by atoms with E-state index in [2.05, 4.69) is 23.3 Å². The number of pyridine rings is 1. The molecule has 13 heavy (non-hydrogen) atoms. The third-order valence-electron chi connectivity index (χ3n) is 1.79. The summed E-state index contributed by atoms with van der Waals surface area (Å²) < 4.78 is 0. The van der Waals surface area contributed by atoms with E-state index in [-0.39, 0.29) is 0 Å². The summed E-state index contributed by atoms with van der Waals surface area (Å²) in [6.07, 6.45) is 3.64. The molecule has 0 amide bonds. The summed E-state index contributed by atoms with van der Waals surface area (Å²) in [7, 11) is 0. The Morgan fingerprint density at radius 1 is 1.54 bits per heavy atom. The SMILES string of the molecule is CCCCCNc1[c]ccc(N)n1. The van der Waals surface area contributed by atoms with Gasteiger partial charge in [-0.3, -0.25) is 0 Å². The molecule has 0 bridgehead atoms. The van der Waals surface area contributed by atoms with Gasteiger partial charge in [0.1, 0.15) is 11.6 Å². The lowest BCUT2D eigenvalue weighted by Gasteiger charge is -2.04. The Morgan fingerprint density at radius 3 is 3.08 bits per heavy atom. The quantitative estimate of drug-likeness (QED) is 0.678. The molecule has 0 atom stereocenters. The van der Waals surface area contributed by atoms with Gasteiger partial charge in [0, 0.05) is 12.6 Å². The lowest BCUT2D eigenvalue weighted by molar-refractivity contribution is 0.742. The van der Waals surface area contributed by atoms with E-state index in [1.165, 1.54) is 19.3 Å². The third kappa shape index (κ3) is 3.78. The van der Waals surface area contributed by atoms with Gasteiger partial charge in [-0.1, -0.05) is 19.8 Å². The van der Waals surface area contributed by atoms with E-state index in [4.69, 9.17) is 5.73 Å². The van der Waals surface area contributed by atoms with Crippen LogP contribution in [0.25, 0.3) is 0 Å². The van der Waals surface area contributed by atoms with Crippen molar-refractivity contribution in [3.63, 3.8) is 0 Å². The molecule has 3 N–H and O–H groups in total. The molecular formula is C10H16N3. The van der Waals surface area contributed by atoms with E-state index in [0.717, 1.165) is 12.4 Å². The molecule has 71 valence electrons. The Labute approximate surface area is 79.4 Å². The number of hydrogen-bond acceptors (Lipinski definition) is 3. The van der Waals surface area contributed by atoms with Crippen LogP contribution in [-0.4, -0.2) is 11.5 Å². The van der Waals surface area contributed by atoms with Gasteiger partial charge < -0.3 is 11.1 Å². The Balaban J connectivity index is 2.28. The maximum atomic E-state index is 5.52. The monoisotopic (exact) mass is 178 g/mol. The molecule has 0 unspecified atom stereocenters. The van der Waals surface area contributed by atoms with Crippen LogP contribution in [0.15, 0.2) is 12.1 Å². The summed E-state index contributed by atoms with van der Waals surface area (Å²) in [5.74, 6) is 1.29. The van der Waals surface area contributed by atoms with Gasteiger partial charge in [0.05, 0.1) is 0 Å². The summed E-state index contributed by atoms with van der Waals surface area (Å²) in [5, 5.41) is 3.17. The summed E-state index contributed by atoms with van der Waals surface area (Å²) in [5.41, 5.74) is 5.52. The van der Waals surface area contributed by atoms with Crippen molar-refractivity contribution in [2.24, 2.45) is 0 Å². The van der Waals surface area contributed by atoms with Crippen LogP contribution in [0.4, 0.5) is 11.6 Å². The maximum absolute atomic E-state index is 5.52. The van der Waals surface area contributed by atoms with Gasteiger partial charge in [-0.05, 0) is 18.6 Å². The molecule has 0 saturated carbocycles. The largest absolute Gasteiger partial charge is 0.384 e. The summed E-state index contributed by atoms with van der Waals surface area (Å²) in [6.45, 7) is 3.13. The van der Waals surface area contributed by atoms with Crippen LogP contribution in [-0.2, 0) is 0 Å². The number of hydrogen-bond donors (Lipinski definition) is 2. The molecule has 0 aromatic carbocycles. The first-order valence-electron chi connectivity index (χ1n) is 4.71. The molecule has 0 aliphatic carbocycles. The Bertz CT molecular complexity index is 248. The zero-order valence-electron chi connectivity index (χ0n) is 8.01. The van der Waals surface area contributed by atoms with Crippen molar-refractivity contribution >= 4 is 11.6 Å². The highest BCUT2D eigenvalue weighted by molar-refractivity contribution is 5.40. The smallest absolute Gasteiger partial charge is 0.136 e. The van der Waals surface area contributed by atoms with Gasteiger partial charge in [-0.2, -0.15) is 0 Å². The summed E-state index contributed by atoms with van der Waals surface area (Å²) in [4.78, 5) is 4.08. The second-order valence-corrected chi connectivity index (χ2v) is 3.00. The van der Waals surface area contributed by atoms with Crippen LogP contribution in [0.5, 0.6) is 0 Å². The molecule has 1 heterocycles. The molecule has 0 aliphatic heterocycles. The molecule has 0 saturated heterocycles. The predicted molar refractivity (Wildman–Crippen MR) is 55.5 cm³/mol. The lowest BCUT2D eigenvalue weighted by Crippen LogP contribution is -2.04. The minimum atomic E-state index is 0.539. The van der Waals surface area contributed by atoms with E-state index in [1.807, 2.05) is 0 Å². The van der Waals surface area contributed by atoms with Crippen molar-refractivity contribution in [1.29, 1.82) is 0 Å². The molecular weight excluding hydrogens is 162 g/mol. The number of anilines is 2. The van der Waals surface area contributed by atoms with E-state index >= 15 is 0 Å². The van der Waals surface area contributed by atoms with Crippen molar-refractivity contribution in [2.45, 2.75) is 26.2 Å². The molecule has 0 fully saturated rings.